The number of hydrogen-bond donors (Lipinski definition) is 2. The van der Waals surface area contributed by atoms with Crippen LogP contribution in [-0.2, 0) is 0 Å². The van der Waals surface area contributed by atoms with Gasteiger partial charge < -0.3 is 10.6 Å². The van der Waals surface area contributed by atoms with Gasteiger partial charge in [0.25, 0.3) is 11.8 Å². The van der Waals surface area contributed by atoms with Gasteiger partial charge in [0.1, 0.15) is 0 Å². The minimum atomic E-state index is -0.229. The van der Waals surface area contributed by atoms with Crippen molar-refractivity contribution in [1.82, 2.24) is 20.6 Å². The summed E-state index contributed by atoms with van der Waals surface area (Å²) in [5.41, 5.74) is 5.80. The van der Waals surface area contributed by atoms with Gasteiger partial charge in [-0.15, -0.1) is 0 Å². The smallest absolute Gasteiger partial charge is 0.252 e. The van der Waals surface area contributed by atoms with Crippen molar-refractivity contribution in [3.63, 3.8) is 0 Å². The van der Waals surface area contributed by atoms with Crippen molar-refractivity contribution in [2.24, 2.45) is 0 Å². The number of carbonyl (C=O) groups excluding carboxylic acids is 2. The zero-order valence-corrected chi connectivity index (χ0v) is 25.4. The first-order chi connectivity index (χ1) is 20.5. The fourth-order valence-electron chi connectivity index (χ4n) is 4.81. The third-order valence-corrected chi connectivity index (χ3v) is 7.96. The predicted octanol–water partition coefficient (Wildman–Crippen LogP) is 7.80. The number of aromatic nitrogens is 2. The van der Waals surface area contributed by atoms with Gasteiger partial charge in [0.2, 0.25) is 0 Å². The average molecular weight is 680 g/mol. The lowest BCUT2D eigenvalue weighted by Gasteiger charge is -2.12. The molecule has 0 bridgehead atoms. The molecule has 0 spiro atoms. The van der Waals surface area contributed by atoms with Gasteiger partial charge in [-0.05, 0) is 48.5 Å². The molecule has 2 amide bonds. The van der Waals surface area contributed by atoms with Crippen molar-refractivity contribution in [3.8, 4) is 22.5 Å². The van der Waals surface area contributed by atoms with Crippen LogP contribution >= 0.6 is 31.9 Å². The number of fused-ring (bicyclic) bond motifs is 2. The highest BCUT2D eigenvalue weighted by Crippen LogP contribution is 2.27. The number of benzene rings is 4. The average Bonchev–Trinajstić information content (AvgIpc) is 3.02. The highest BCUT2D eigenvalue weighted by Gasteiger charge is 2.16. The number of rotatable bonds is 7. The highest BCUT2D eigenvalue weighted by atomic mass is 79.9. The molecule has 0 atom stereocenters. The molecule has 0 aliphatic carbocycles. The molecule has 4 aromatic carbocycles. The number of carbonyl (C=O) groups is 2. The lowest BCUT2D eigenvalue weighted by atomic mass is 10.0. The molecular weight excluding hydrogens is 656 g/mol. The number of para-hydroxylation sites is 2. The monoisotopic (exact) mass is 678 g/mol. The van der Waals surface area contributed by atoms with E-state index in [9.17, 15) is 9.59 Å². The summed E-state index contributed by atoms with van der Waals surface area (Å²) in [6, 6.07) is 34.4. The molecule has 2 heterocycles. The van der Waals surface area contributed by atoms with E-state index >= 15 is 0 Å². The quantitative estimate of drug-likeness (QED) is 0.169. The molecule has 8 heteroatoms. The predicted molar refractivity (Wildman–Crippen MR) is 174 cm³/mol. The van der Waals surface area contributed by atoms with E-state index in [1.807, 2.05) is 109 Å². The zero-order valence-electron chi connectivity index (χ0n) is 22.3. The standard InChI is InChI=1S/C34H24Br2N4O2/c35-23-13-9-21(10-14-23)31-19-27(25-5-1-3-7-29(25)39-31)33(41)37-17-18-38-34(42)28-20-32(22-11-15-24(36)16-12-22)40-30-8-4-2-6-26(28)30/h1-16,19-20H,17-18H2,(H,37,41)(H,38,42). The first-order valence-electron chi connectivity index (χ1n) is 13.3. The Morgan fingerprint density at radius 1 is 0.548 bits per heavy atom. The molecule has 0 aliphatic heterocycles. The van der Waals surface area contributed by atoms with Crippen LogP contribution in [0.5, 0.6) is 0 Å². The molecule has 0 radical (unpaired) electrons. The van der Waals surface area contributed by atoms with Crippen LogP contribution in [-0.4, -0.2) is 34.9 Å². The van der Waals surface area contributed by atoms with E-state index in [0.717, 1.165) is 41.9 Å². The number of nitrogens with zero attached hydrogens (tertiary/aromatic N) is 2. The Kier molecular flexibility index (Phi) is 8.08. The van der Waals surface area contributed by atoms with Gasteiger partial charge in [0.05, 0.1) is 33.5 Å². The Morgan fingerprint density at radius 2 is 0.929 bits per heavy atom. The van der Waals surface area contributed by atoms with Crippen molar-refractivity contribution >= 4 is 65.5 Å². The van der Waals surface area contributed by atoms with Crippen LogP contribution in [0.2, 0.25) is 0 Å². The Morgan fingerprint density at radius 3 is 1.33 bits per heavy atom. The van der Waals surface area contributed by atoms with Crippen LogP contribution in [0, 0.1) is 0 Å². The van der Waals surface area contributed by atoms with Crippen molar-refractivity contribution in [2.45, 2.75) is 0 Å². The number of halogens is 2. The van der Waals surface area contributed by atoms with Crippen molar-refractivity contribution < 1.29 is 9.59 Å². The molecule has 2 aromatic heterocycles. The second-order valence-electron chi connectivity index (χ2n) is 9.67. The third-order valence-electron chi connectivity index (χ3n) is 6.90. The Hall–Kier alpha value is -4.40. The van der Waals surface area contributed by atoms with E-state index in [2.05, 4.69) is 42.5 Å². The van der Waals surface area contributed by atoms with Crippen molar-refractivity contribution in [3.05, 3.63) is 129 Å². The van der Waals surface area contributed by atoms with Gasteiger partial charge in [-0.25, -0.2) is 9.97 Å². The molecule has 42 heavy (non-hydrogen) atoms. The van der Waals surface area contributed by atoms with E-state index in [-0.39, 0.29) is 24.9 Å². The molecule has 6 nitrogen and oxygen atoms in total. The van der Waals surface area contributed by atoms with E-state index in [0.29, 0.717) is 22.5 Å². The summed E-state index contributed by atoms with van der Waals surface area (Å²) >= 11 is 6.93. The maximum Gasteiger partial charge on any atom is 0.252 e. The van der Waals surface area contributed by atoms with Gasteiger partial charge in [0.15, 0.2) is 0 Å². The van der Waals surface area contributed by atoms with E-state index in [4.69, 9.17) is 9.97 Å². The van der Waals surface area contributed by atoms with Crippen LogP contribution in [0.4, 0.5) is 0 Å². The fraction of sp³-hybridized carbons (Fsp3) is 0.0588. The normalized spacial score (nSPS) is 11.0. The van der Waals surface area contributed by atoms with Crippen LogP contribution in [0.3, 0.4) is 0 Å². The Bertz CT molecular complexity index is 1800. The molecule has 2 N–H and O–H groups in total. The molecule has 0 fully saturated rings. The van der Waals surface area contributed by atoms with Gasteiger partial charge >= 0.3 is 0 Å². The SMILES string of the molecule is O=C(NCCNC(=O)c1cc(-c2ccc(Br)cc2)nc2ccccc12)c1cc(-c2ccc(Br)cc2)nc2ccccc12. The second kappa shape index (κ2) is 12.2. The summed E-state index contributed by atoms with van der Waals surface area (Å²) in [7, 11) is 0. The van der Waals surface area contributed by atoms with Gasteiger partial charge in [0, 0.05) is 43.9 Å². The van der Waals surface area contributed by atoms with E-state index in [1.165, 1.54) is 0 Å². The number of hydrogen-bond acceptors (Lipinski definition) is 4. The largest absolute Gasteiger partial charge is 0.350 e. The second-order valence-corrected chi connectivity index (χ2v) is 11.5. The molecule has 6 aromatic rings. The first kappa shape index (κ1) is 27.8. The van der Waals surface area contributed by atoms with E-state index in [1.54, 1.807) is 0 Å². The maximum atomic E-state index is 13.3. The topological polar surface area (TPSA) is 84.0 Å². The minimum Gasteiger partial charge on any atom is -0.350 e. The molecule has 6 rings (SSSR count). The van der Waals surface area contributed by atoms with Gasteiger partial charge in [-0.3, -0.25) is 9.59 Å². The number of nitrogens with one attached hydrogen (secondary N) is 2. The van der Waals surface area contributed by atoms with Crippen molar-refractivity contribution in [1.29, 1.82) is 0 Å². The first-order valence-corrected chi connectivity index (χ1v) is 14.9. The lowest BCUT2D eigenvalue weighted by molar-refractivity contribution is 0.0929. The summed E-state index contributed by atoms with van der Waals surface area (Å²) in [5, 5.41) is 7.45. The summed E-state index contributed by atoms with van der Waals surface area (Å²) in [5.74, 6) is -0.457. The Balaban J connectivity index is 1.18. The van der Waals surface area contributed by atoms with Crippen molar-refractivity contribution in [2.75, 3.05) is 13.1 Å². The van der Waals surface area contributed by atoms with Gasteiger partial charge in [-0.2, -0.15) is 0 Å². The molecule has 0 saturated carbocycles. The summed E-state index contributed by atoms with van der Waals surface area (Å²) in [4.78, 5) is 36.2. The Labute approximate surface area is 259 Å². The molecule has 0 saturated heterocycles. The number of amides is 2. The van der Waals surface area contributed by atoms with Gasteiger partial charge in [-0.1, -0.05) is 92.5 Å². The van der Waals surface area contributed by atoms with Crippen LogP contribution < -0.4 is 10.6 Å². The lowest BCUT2D eigenvalue weighted by Crippen LogP contribution is -2.35. The minimum absolute atomic E-state index is 0.229. The molecule has 0 aliphatic rings. The fourth-order valence-corrected chi connectivity index (χ4v) is 5.33. The van der Waals surface area contributed by atoms with Crippen LogP contribution in [0.25, 0.3) is 44.3 Å². The van der Waals surface area contributed by atoms with Crippen LogP contribution in [0.1, 0.15) is 20.7 Å². The molecule has 0 unspecified atom stereocenters. The summed E-state index contributed by atoms with van der Waals surface area (Å²) in [6.07, 6.45) is 0. The highest BCUT2D eigenvalue weighted by molar-refractivity contribution is 9.10. The zero-order chi connectivity index (χ0) is 29.1. The molecular formula is C34H24Br2N4O2. The third kappa shape index (κ3) is 5.95. The van der Waals surface area contributed by atoms with E-state index < -0.39 is 0 Å². The molecule has 206 valence electrons. The summed E-state index contributed by atoms with van der Waals surface area (Å²) < 4.78 is 1.94. The van der Waals surface area contributed by atoms with Crippen LogP contribution in [0.15, 0.2) is 118 Å². The summed E-state index contributed by atoms with van der Waals surface area (Å²) in [6.45, 7) is 0.523. The number of pyridine rings is 2. The maximum absolute atomic E-state index is 13.3.